The Morgan fingerprint density at radius 1 is 1.06 bits per heavy atom. The SMILES string of the molecule is N#C[N+]1(C(N)=O)[C@@H]2CC[C@H]1CC(c1cc(N)n3ncc(-c4ccc(-c5ccccc5)nc4)c3n1)C2. The molecule has 1 aromatic carbocycles. The van der Waals surface area contributed by atoms with E-state index in [2.05, 4.69) is 16.3 Å². The van der Waals surface area contributed by atoms with E-state index in [-0.39, 0.29) is 22.5 Å². The van der Waals surface area contributed by atoms with Crippen molar-refractivity contribution in [3.05, 3.63) is 66.6 Å². The van der Waals surface area contributed by atoms with Crippen LogP contribution in [-0.4, -0.2) is 42.2 Å². The van der Waals surface area contributed by atoms with Gasteiger partial charge in [-0.1, -0.05) is 36.4 Å². The number of piperidine rings is 1. The summed E-state index contributed by atoms with van der Waals surface area (Å²) < 4.78 is 1.37. The van der Waals surface area contributed by atoms with Gasteiger partial charge in [0.25, 0.3) is 0 Å². The van der Waals surface area contributed by atoms with E-state index in [9.17, 15) is 10.1 Å². The second kappa shape index (κ2) is 7.89. The van der Waals surface area contributed by atoms with E-state index >= 15 is 0 Å². The minimum atomic E-state index is -0.550. The number of urea groups is 1. The number of hydrogen-bond donors (Lipinski definition) is 2. The van der Waals surface area contributed by atoms with E-state index in [4.69, 9.17) is 16.5 Å². The number of nitriles is 1. The number of benzene rings is 1. The first-order valence-corrected chi connectivity index (χ1v) is 11.8. The number of carbonyl (C=O) groups excluding carboxylic acids is 1. The van der Waals surface area contributed by atoms with Crippen LogP contribution < -0.4 is 11.5 Å². The minimum Gasteiger partial charge on any atom is -0.384 e. The highest BCUT2D eigenvalue weighted by Gasteiger charge is 2.60. The van der Waals surface area contributed by atoms with Crippen LogP contribution in [0.1, 0.15) is 37.3 Å². The van der Waals surface area contributed by atoms with Crippen LogP contribution in [-0.2, 0) is 0 Å². The van der Waals surface area contributed by atoms with Gasteiger partial charge in [-0.25, -0.2) is 9.78 Å². The maximum atomic E-state index is 12.2. The average Bonchev–Trinajstić information content (AvgIpc) is 3.39. The lowest BCUT2D eigenvalue weighted by molar-refractivity contribution is -0.828. The topological polar surface area (TPSA) is 136 Å². The van der Waals surface area contributed by atoms with Gasteiger partial charge in [-0.05, 0) is 6.07 Å². The summed E-state index contributed by atoms with van der Waals surface area (Å²) in [5.74, 6) is 0.596. The monoisotopic (exact) mass is 465 g/mol. The molecule has 2 saturated heterocycles. The number of carbonyl (C=O) groups is 1. The predicted molar refractivity (Wildman–Crippen MR) is 130 cm³/mol. The summed E-state index contributed by atoms with van der Waals surface area (Å²) in [6.45, 7) is 0. The maximum absolute atomic E-state index is 12.2. The molecule has 4 N–H and O–H groups in total. The fourth-order valence-corrected chi connectivity index (χ4v) is 5.98. The predicted octanol–water partition coefficient (Wildman–Crippen LogP) is 3.83. The van der Waals surface area contributed by atoms with Crippen molar-refractivity contribution in [2.75, 3.05) is 5.73 Å². The number of fused-ring (bicyclic) bond motifs is 3. The second-order valence-electron chi connectivity index (χ2n) is 9.47. The van der Waals surface area contributed by atoms with E-state index in [0.29, 0.717) is 24.3 Å². The Labute approximate surface area is 202 Å². The van der Waals surface area contributed by atoms with E-state index < -0.39 is 6.03 Å². The van der Waals surface area contributed by atoms with Crippen molar-refractivity contribution in [2.45, 2.75) is 43.7 Å². The third kappa shape index (κ3) is 3.18. The summed E-state index contributed by atoms with van der Waals surface area (Å²) in [6.07, 6.45) is 8.79. The Kier molecular flexibility index (Phi) is 4.79. The van der Waals surface area contributed by atoms with E-state index in [1.165, 1.54) is 0 Å². The van der Waals surface area contributed by atoms with Crippen LogP contribution in [0.25, 0.3) is 28.0 Å². The molecule has 2 bridgehead atoms. The first-order chi connectivity index (χ1) is 17.0. The number of primary amides is 1. The zero-order valence-corrected chi connectivity index (χ0v) is 19.1. The van der Waals surface area contributed by atoms with Crippen molar-refractivity contribution >= 4 is 17.5 Å². The Morgan fingerprint density at radius 2 is 1.80 bits per heavy atom. The summed E-state index contributed by atoms with van der Waals surface area (Å²) in [4.78, 5) is 21.9. The molecular formula is C26H25N8O+. The molecule has 0 spiro atoms. The molecule has 2 fully saturated rings. The lowest BCUT2D eigenvalue weighted by Crippen LogP contribution is -2.62. The Balaban J connectivity index is 1.35. The zero-order chi connectivity index (χ0) is 24.2. The van der Waals surface area contributed by atoms with Gasteiger partial charge in [0.15, 0.2) is 5.65 Å². The number of anilines is 1. The molecule has 6 rings (SSSR count). The molecule has 4 atom stereocenters. The fourth-order valence-electron chi connectivity index (χ4n) is 5.98. The minimum absolute atomic E-state index is 0.0973. The highest BCUT2D eigenvalue weighted by Crippen LogP contribution is 2.47. The van der Waals surface area contributed by atoms with Gasteiger partial charge >= 0.3 is 12.2 Å². The molecule has 2 amide bonds. The van der Waals surface area contributed by atoms with Crippen LogP contribution in [0, 0.1) is 11.5 Å². The molecule has 9 heteroatoms. The highest BCUT2D eigenvalue weighted by atomic mass is 16.2. The van der Waals surface area contributed by atoms with Gasteiger partial charge in [-0.15, -0.1) is 9.74 Å². The number of aromatic nitrogens is 4. The molecule has 174 valence electrons. The van der Waals surface area contributed by atoms with Gasteiger partial charge in [0, 0.05) is 60.6 Å². The molecule has 35 heavy (non-hydrogen) atoms. The number of hydrogen-bond acceptors (Lipinski definition) is 6. The van der Waals surface area contributed by atoms with Gasteiger partial charge in [-0.3, -0.25) is 4.98 Å². The number of amides is 2. The van der Waals surface area contributed by atoms with E-state index in [0.717, 1.165) is 40.9 Å². The first-order valence-electron chi connectivity index (χ1n) is 11.8. The molecular weight excluding hydrogens is 440 g/mol. The molecule has 0 aliphatic carbocycles. The van der Waals surface area contributed by atoms with E-state index in [1.54, 1.807) is 10.7 Å². The van der Waals surface area contributed by atoms with Crippen molar-refractivity contribution in [3.63, 3.8) is 0 Å². The molecule has 0 radical (unpaired) electrons. The third-order valence-electron chi connectivity index (χ3n) is 7.71. The quantitative estimate of drug-likeness (QED) is 0.349. The molecule has 0 saturated carbocycles. The van der Waals surface area contributed by atoms with Crippen molar-refractivity contribution in [3.8, 4) is 28.6 Å². The van der Waals surface area contributed by atoms with Gasteiger partial charge < -0.3 is 11.5 Å². The highest BCUT2D eigenvalue weighted by molar-refractivity contribution is 5.78. The molecule has 2 unspecified atom stereocenters. The lowest BCUT2D eigenvalue weighted by Gasteiger charge is -2.39. The Hall–Kier alpha value is -4.29. The number of nitrogens with zero attached hydrogens (tertiary/aromatic N) is 6. The Bertz CT molecular complexity index is 1460. The largest absolute Gasteiger partial charge is 0.429 e. The molecule has 9 nitrogen and oxygen atoms in total. The molecule has 4 aromatic rings. The fraction of sp³-hybridized carbons (Fsp3) is 0.269. The van der Waals surface area contributed by atoms with Crippen molar-refractivity contribution in [2.24, 2.45) is 5.73 Å². The van der Waals surface area contributed by atoms with E-state index in [1.807, 2.05) is 54.7 Å². The summed E-state index contributed by atoms with van der Waals surface area (Å²) in [7, 11) is 0. The first kappa shape index (κ1) is 21.3. The van der Waals surface area contributed by atoms with Crippen LogP contribution in [0.4, 0.5) is 10.6 Å². The summed E-state index contributed by atoms with van der Waals surface area (Å²) in [5.41, 5.74) is 17.3. The van der Waals surface area contributed by atoms with Crippen molar-refractivity contribution in [1.29, 1.82) is 5.26 Å². The van der Waals surface area contributed by atoms with Crippen LogP contribution >= 0.6 is 0 Å². The van der Waals surface area contributed by atoms with Crippen LogP contribution in [0.3, 0.4) is 0 Å². The van der Waals surface area contributed by atoms with Gasteiger partial charge in [0.05, 0.1) is 17.6 Å². The number of quaternary nitrogens is 1. The van der Waals surface area contributed by atoms with Gasteiger partial charge in [-0.2, -0.15) is 9.61 Å². The van der Waals surface area contributed by atoms with Crippen LogP contribution in [0.5, 0.6) is 0 Å². The second-order valence-corrected chi connectivity index (χ2v) is 9.47. The summed E-state index contributed by atoms with van der Waals surface area (Å²) in [5, 5.41) is 14.3. The lowest BCUT2D eigenvalue weighted by atomic mass is 9.86. The average molecular weight is 466 g/mol. The zero-order valence-electron chi connectivity index (χ0n) is 19.1. The molecule has 2 aliphatic rings. The van der Waals surface area contributed by atoms with Crippen molar-refractivity contribution < 1.29 is 9.28 Å². The standard InChI is InChI=1S/C26H24N8O/c27-15-34(26(29)35)19-7-8-20(34)11-18(10-19)23-12-24(28)33-25(32-23)21(14-31-33)17-6-9-22(30-13-17)16-4-2-1-3-5-16/h1-6,9,12-14,18-20H,7-8,10-11H2,(H3-,28,29,31,32,35)/p+1/t18?,19-,20+,34?. The van der Waals surface area contributed by atoms with Gasteiger partial charge in [0.2, 0.25) is 0 Å². The van der Waals surface area contributed by atoms with Gasteiger partial charge in [0.1, 0.15) is 17.9 Å². The number of rotatable bonds is 3. The van der Waals surface area contributed by atoms with Crippen molar-refractivity contribution in [1.82, 2.24) is 19.6 Å². The molecule has 5 heterocycles. The maximum Gasteiger partial charge on any atom is 0.429 e. The number of nitrogen functional groups attached to an aromatic ring is 1. The summed E-state index contributed by atoms with van der Waals surface area (Å²) in [6, 6.07) is 15.1. The smallest absolute Gasteiger partial charge is 0.384 e. The van der Waals surface area contributed by atoms with Crippen LogP contribution in [0.2, 0.25) is 0 Å². The number of pyridine rings is 1. The molecule has 3 aromatic heterocycles. The van der Waals surface area contributed by atoms with Crippen LogP contribution in [0.15, 0.2) is 60.9 Å². The number of nitrogens with two attached hydrogens (primary N) is 2. The summed E-state index contributed by atoms with van der Waals surface area (Å²) >= 11 is 0. The Morgan fingerprint density at radius 3 is 2.43 bits per heavy atom. The third-order valence-corrected chi connectivity index (χ3v) is 7.71. The molecule has 2 aliphatic heterocycles. The normalized spacial score (nSPS) is 25.4.